The fourth-order valence-electron chi connectivity index (χ4n) is 0.833. The van der Waals surface area contributed by atoms with Gasteiger partial charge in [0.15, 0.2) is 0 Å². The first-order chi connectivity index (χ1) is 6.22. The Morgan fingerprint density at radius 1 is 1.29 bits per heavy atom. The molecule has 0 radical (unpaired) electrons. The van der Waals surface area contributed by atoms with Gasteiger partial charge in [0.05, 0.1) is 7.11 Å². The van der Waals surface area contributed by atoms with Crippen molar-refractivity contribution in [2.75, 3.05) is 13.7 Å². The lowest BCUT2D eigenvalue weighted by Gasteiger charge is -2.05. The van der Waals surface area contributed by atoms with Crippen molar-refractivity contribution in [3.63, 3.8) is 0 Å². The Labute approximate surface area is 88.9 Å². The first-order valence-electron chi connectivity index (χ1n) is 3.82. The number of benzene rings is 1. The topological polar surface area (TPSA) is 68.3 Å². The zero-order chi connectivity index (χ0) is 9.68. The first-order valence-corrected chi connectivity index (χ1v) is 3.82. The minimum Gasteiger partial charge on any atom is -0.497 e. The second-order valence-corrected chi connectivity index (χ2v) is 2.49. The van der Waals surface area contributed by atoms with Crippen LogP contribution in [0, 0.1) is 5.41 Å². The van der Waals surface area contributed by atoms with Crippen LogP contribution < -0.4 is 15.2 Å². The minimum absolute atomic E-state index is 0. The van der Waals surface area contributed by atoms with Gasteiger partial charge in [-0.3, -0.25) is 5.41 Å². The molecule has 1 aromatic carbocycles. The molecule has 14 heavy (non-hydrogen) atoms. The predicted molar refractivity (Wildman–Crippen MR) is 57.7 cm³/mol. The molecule has 0 aromatic heterocycles. The van der Waals surface area contributed by atoms with Gasteiger partial charge in [-0.05, 0) is 24.3 Å². The summed E-state index contributed by atoms with van der Waals surface area (Å²) < 4.78 is 10.1. The van der Waals surface area contributed by atoms with Crippen molar-refractivity contribution >= 4 is 18.2 Å². The average Bonchev–Trinajstić information content (AvgIpc) is 2.15. The maximum absolute atomic E-state index is 6.95. The highest BCUT2D eigenvalue weighted by Crippen LogP contribution is 2.16. The van der Waals surface area contributed by atoms with Crippen molar-refractivity contribution in [2.45, 2.75) is 0 Å². The quantitative estimate of drug-likeness (QED) is 0.591. The Morgan fingerprint density at radius 3 is 2.21 bits per heavy atom. The normalized spacial score (nSPS) is 8.64. The lowest BCUT2D eigenvalue weighted by atomic mass is 10.3. The van der Waals surface area contributed by atoms with Crippen LogP contribution in [0.25, 0.3) is 0 Å². The Kier molecular flexibility index (Phi) is 5.48. The molecule has 1 aromatic rings. The van der Waals surface area contributed by atoms with Crippen LogP contribution in [0.3, 0.4) is 0 Å². The van der Waals surface area contributed by atoms with Gasteiger partial charge in [-0.1, -0.05) is 0 Å². The standard InChI is InChI=1S/C9H12N2O2.ClH/c1-12-7-2-4-8(5-3-7)13-6-9(10)11;/h2-5H,6H2,1H3,(H3,10,11);1H. The van der Waals surface area contributed by atoms with Crippen LogP contribution >= 0.6 is 12.4 Å². The Morgan fingerprint density at radius 2 is 1.79 bits per heavy atom. The van der Waals surface area contributed by atoms with E-state index in [9.17, 15) is 0 Å². The zero-order valence-corrected chi connectivity index (χ0v) is 8.64. The molecule has 1 rings (SSSR count). The fourth-order valence-corrected chi connectivity index (χ4v) is 0.833. The van der Waals surface area contributed by atoms with Crippen LogP contribution in [0.2, 0.25) is 0 Å². The van der Waals surface area contributed by atoms with Gasteiger partial charge in [-0.15, -0.1) is 12.4 Å². The van der Waals surface area contributed by atoms with Gasteiger partial charge in [0, 0.05) is 0 Å². The van der Waals surface area contributed by atoms with Crippen LogP contribution in [0.4, 0.5) is 0 Å². The SMILES string of the molecule is COc1ccc(OCC(=N)N)cc1.Cl. The van der Waals surface area contributed by atoms with Gasteiger partial charge in [0.25, 0.3) is 0 Å². The Bertz CT molecular complexity index is 287. The first kappa shape index (κ1) is 12.6. The minimum atomic E-state index is 0. The van der Waals surface area contributed by atoms with E-state index < -0.39 is 0 Å². The highest BCUT2D eigenvalue weighted by atomic mass is 35.5. The van der Waals surface area contributed by atoms with Gasteiger partial charge in [0.1, 0.15) is 23.9 Å². The van der Waals surface area contributed by atoms with E-state index in [0.717, 1.165) is 5.75 Å². The number of rotatable bonds is 4. The third kappa shape index (κ3) is 4.00. The van der Waals surface area contributed by atoms with Crippen LogP contribution in [-0.2, 0) is 0 Å². The fraction of sp³-hybridized carbons (Fsp3) is 0.222. The van der Waals surface area contributed by atoms with Crippen LogP contribution in [0.15, 0.2) is 24.3 Å². The smallest absolute Gasteiger partial charge is 0.145 e. The van der Waals surface area contributed by atoms with Gasteiger partial charge in [0.2, 0.25) is 0 Å². The molecule has 0 saturated carbocycles. The molecule has 0 fully saturated rings. The second kappa shape index (κ2) is 6.10. The van der Waals surface area contributed by atoms with Crippen LogP contribution in [-0.4, -0.2) is 19.6 Å². The number of hydrogen-bond acceptors (Lipinski definition) is 3. The summed E-state index contributed by atoms with van der Waals surface area (Å²) in [6.45, 7) is 0.117. The Hall–Kier alpha value is -1.42. The lowest BCUT2D eigenvalue weighted by Crippen LogP contribution is -2.19. The second-order valence-electron chi connectivity index (χ2n) is 2.49. The zero-order valence-electron chi connectivity index (χ0n) is 7.82. The van der Waals surface area contributed by atoms with Gasteiger partial charge in [-0.2, -0.15) is 0 Å². The van der Waals surface area contributed by atoms with E-state index in [2.05, 4.69) is 0 Å². The van der Waals surface area contributed by atoms with Crippen molar-refractivity contribution in [3.05, 3.63) is 24.3 Å². The molecule has 0 bridgehead atoms. The summed E-state index contributed by atoms with van der Waals surface area (Å²) in [6.07, 6.45) is 0. The maximum Gasteiger partial charge on any atom is 0.145 e. The molecule has 0 unspecified atom stereocenters. The van der Waals surface area contributed by atoms with Crippen LogP contribution in [0.1, 0.15) is 0 Å². The van der Waals surface area contributed by atoms with E-state index in [1.54, 1.807) is 31.4 Å². The number of hydrogen-bond donors (Lipinski definition) is 2. The number of nitrogens with two attached hydrogens (primary N) is 1. The lowest BCUT2D eigenvalue weighted by molar-refractivity contribution is 0.372. The molecular formula is C9H13ClN2O2. The van der Waals surface area contributed by atoms with Crippen molar-refractivity contribution in [1.29, 1.82) is 5.41 Å². The highest BCUT2D eigenvalue weighted by Gasteiger charge is 1.95. The van der Waals surface area contributed by atoms with E-state index in [0.29, 0.717) is 5.75 Å². The van der Waals surface area contributed by atoms with Gasteiger partial charge in [-0.25, -0.2) is 0 Å². The molecular weight excluding hydrogens is 204 g/mol. The molecule has 78 valence electrons. The van der Waals surface area contributed by atoms with Crippen molar-refractivity contribution in [2.24, 2.45) is 5.73 Å². The largest absolute Gasteiger partial charge is 0.497 e. The molecule has 0 heterocycles. The number of amidine groups is 1. The molecule has 4 nitrogen and oxygen atoms in total. The summed E-state index contributed by atoms with van der Waals surface area (Å²) in [5.74, 6) is 1.46. The summed E-state index contributed by atoms with van der Waals surface area (Å²) in [6, 6.07) is 7.11. The number of ether oxygens (including phenoxy) is 2. The monoisotopic (exact) mass is 216 g/mol. The molecule has 0 saturated heterocycles. The van der Waals surface area contributed by atoms with E-state index >= 15 is 0 Å². The number of methoxy groups -OCH3 is 1. The van der Waals surface area contributed by atoms with E-state index in [1.807, 2.05) is 0 Å². The molecule has 0 aliphatic heterocycles. The van der Waals surface area contributed by atoms with E-state index in [-0.39, 0.29) is 24.8 Å². The van der Waals surface area contributed by atoms with Gasteiger partial charge < -0.3 is 15.2 Å². The van der Waals surface area contributed by atoms with E-state index in [1.165, 1.54) is 0 Å². The molecule has 0 spiro atoms. The molecule has 0 aliphatic rings. The summed E-state index contributed by atoms with van der Waals surface area (Å²) >= 11 is 0. The number of nitrogens with one attached hydrogen (secondary N) is 1. The molecule has 3 N–H and O–H groups in total. The maximum atomic E-state index is 6.95. The summed E-state index contributed by atoms with van der Waals surface area (Å²) in [5, 5.41) is 6.95. The summed E-state index contributed by atoms with van der Waals surface area (Å²) in [5.41, 5.74) is 5.13. The van der Waals surface area contributed by atoms with Crippen molar-refractivity contribution in [3.8, 4) is 11.5 Å². The highest BCUT2D eigenvalue weighted by molar-refractivity contribution is 5.85. The summed E-state index contributed by atoms with van der Waals surface area (Å²) in [4.78, 5) is 0. The van der Waals surface area contributed by atoms with E-state index in [4.69, 9.17) is 20.6 Å². The van der Waals surface area contributed by atoms with Gasteiger partial charge >= 0.3 is 0 Å². The predicted octanol–water partition coefficient (Wildman–Crippen LogP) is 1.43. The molecule has 0 atom stereocenters. The number of halogens is 1. The van der Waals surface area contributed by atoms with Crippen LogP contribution in [0.5, 0.6) is 11.5 Å². The summed E-state index contributed by atoms with van der Waals surface area (Å²) in [7, 11) is 1.60. The molecule has 5 heteroatoms. The van der Waals surface area contributed by atoms with Crippen molar-refractivity contribution < 1.29 is 9.47 Å². The average molecular weight is 217 g/mol. The third-order valence-electron chi connectivity index (χ3n) is 1.45. The molecule has 0 amide bonds. The molecule has 0 aliphatic carbocycles. The van der Waals surface area contributed by atoms with Crippen molar-refractivity contribution in [1.82, 2.24) is 0 Å². The third-order valence-corrected chi connectivity index (χ3v) is 1.45. The Balaban J connectivity index is 0.00000169.